The zero-order chi connectivity index (χ0) is 19.4. The van der Waals surface area contributed by atoms with Gasteiger partial charge in [-0.15, -0.1) is 0 Å². The smallest absolute Gasteiger partial charge is 0.338 e. The fraction of sp³-hybridized carbons (Fsp3) is 0.150. The highest BCUT2D eigenvalue weighted by atomic mass is 32.2. The van der Waals surface area contributed by atoms with Crippen molar-refractivity contribution in [1.29, 1.82) is 5.41 Å². The summed E-state index contributed by atoms with van der Waals surface area (Å²) >= 11 is 1.10. The largest absolute Gasteiger partial charge is 0.497 e. The molecule has 0 saturated carbocycles. The molecule has 1 aliphatic heterocycles. The van der Waals surface area contributed by atoms with Crippen molar-refractivity contribution in [2.75, 3.05) is 18.6 Å². The number of nitrogens with one attached hydrogen (secondary N) is 1. The van der Waals surface area contributed by atoms with Gasteiger partial charge in [-0.2, -0.15) is 0 Å². The molecule has 1 aliphatic rings. The summed E-state index contributed by atoms with van der Waals surface area (Å²) in [5.74, 6) is 0.0460. The zero-order valence-corrected chi connectivity index (χ0v) is 15.7. The van der Waals surface area contributed by atoms with E-state index in [1.54, 1.807) is 44.4 Å². The highest BCUT2D eigenvalue weighted by Crippen LogP contribution is 2.35. The third-order valence-electron chi connectivity index (χ3n) is 3.87. The molecule has 1 fully saturated rings. The lowest BCUT2D eigenvalue weighted by molar-refractivity contribution is -0.113. The Morgan fingerprint density at radius 1 is 1.15 bits per heavy atom. The van der Waals surface area contributed by atoms with Gasteiger partial charge in [0.05, 0.1) is 29.9 Å². The van der Waals surface area contributed by atoms with Gasteiger partial charge in [0.1, 0.15) is 5.75 Å². The molecule has 0 aliphatic carbocycles. The SMILES string of the molecule is CCOC(=O)c1ccc(N2C(=N)S/C(=C\c3ccc(OC)cc3)C2=O)cc1. The molecule has 0 radical (unpaired) electrons. The van der Waals surface area contributed by atoms with Gasteiger partial charge in [-0.05, 0) is 66.7 Å². The first-order chi connectivity index (χ1) is 13.0. The van der Waals surface area contributed by atoms with Gasteiger partial charge in [-0.25, -0.2) is 4.79 Å². The van der Waals surface area contributed by atoms with Crippen molar-refractivity contribution in [1.82, 2.24) is 0 Å². The number of amidine groups is 1. The molecule has 2 aromatic carbocycles. The number of ether oxygens (including phenoxy) is 2. The third-order valence-corrected chi connectivity index (χ3v) is 4.76. The van der Waals surface area contributed by atoms with Crippen molar-refractivity contribution >= 4 is 40.6 Å². The number of anilines is 1. The highest BCUT2D eigenvalue weighted by molar-refractivity contribution is 8.19. The number of hydrogen-bond donors (Lipinski definition) is 1. The Hall–Kier alpha value is -3.06. The van der Waals surface area contributed by atoms with Crippen LogP contribution in [0.3, 0.4) is 0 Å². The van der Waals surface area contributed by atoms with E-state index in [-0.39, 0.29) is 11.1 Å². The second kappa shape index (κ2) is 8.09. The van der Waals surface area contributed by atoms with Gasteiger partial charge in [0.15, 0.2) is 5.17 Å². The first kappa shape index (κ1) is 18.7. The summed E-state index contributed by atoms with van der Waals surface area (Å²) < 4.78 is 10.1. The Bertz CT molecular complexity index is 905. The van der Waals surface area contributed by atoms with Crippen molar-refractivity contribution in [2.24, 2.45) is 0 Å². The Morgan fingerprint density at radius 3 is 2.41 bits per heavy atom. The monoisotopic (exact) mass is 382 g/mol. The van der Waals surface area contributed by atoms with E-state index in [2.05, 4.69) is 0 Å². The normalized spacial score (nSPS) is 15.3. The fourth-order valence-electron chi connectivity index (χ4n) is 2.53. The first-order valence-corrected chi connectivity index (χ1v) is 9.09. The molecular weight excluding hydrogens is 364 g/mol. The summed E-state index contributed by atoms with van der Waals surface area (Å²) in [4.78, 5) is 26.3. The predicted octanol–water partition coefficient (Wildman–Crippen LogP) is 3.93. The van der Waals surface area contributed by atoms with Crippen LogP contribution in [-0.2, 0) is 9.53 Å². The standard InChI is InChI=1S/C20H18N2O4S/c1-3-26-19(24)14-6-8-15(9-7-14)22-18(23)17(27-20(22)21)12-13-4-10-16(25-2)11-5-13/h4-12,21H,3H2,1-2H3/b17-12-,21-20?. The van der Waals surface area contributed by atoms with Gasteiger partial charge in [-0.3, -0.25) is 15.1 Å². The molecule has 0 spiro atoms. The van der Waals surface area contributed by atoms with Gasteiger partial charge in [0.2, 0.25) is 0 Å². The van der Waals surface area contributed by atoms with E-state index < -0.39 is 5.97 Å². The molecule has 0 unspecified atom stereocenters. The van der Waals surface area contributed by atoms with Crippen LogP contribution in [0.15, 0.2) is 53.4 Å². The lowest BCUT2D eigenvalue weighted by Crippen LogP contribution is -2.28. The number of nitrogens with zero attached hydrogens (tertiary/aromatic N) is 1. The van der Waals surface area contributed by atoms with Gasteiger partial charge in [0, 0.05) is 0 Å². The third kappa shape index (κ3) is 4.03. The summed E-state index contributed by atoms with van der Waals surface area (Å²) in [6.45, 7) is 2.04. The molecule has 1 heterocycles. The van der Waals surface area contributed by atoms with Crippen molar-refractivity contribution < 1.29 is 19.1 Å². The Balaban J connectivity index is 1.81. The summed E-state index contributed by atoms with van der Waals surface area (Å²) in [5, 5.41) is 8.27. The molecule has 138 valence electrons. The minimum atomic E-state index is -0.415. The van der Waals surface area contributed by atoms with Gasteiger partial charge < -0.3 is 9.47 Å². The van der Waals surface area contributed by atoms with Crippen LogP contribution in [0.1, 0.15) is 22.8 Å². The van der Waals surface area contributed by atoms with Crippen molar-refractivity contribution in [2.45, 2.75) is 6.92 Å². The van der Waals surface area contributed by atoms with Crippen LogP contribution < -0.4 is 9.64 Å². The molecule has 0 aromatic heterocycles. The molecule has 1 amide bonds. The van der Waals surface area contributed by atoms with Crippen molar-refractivity contribution in [3.63, 3.8) is 0 Å². The topological polar surface area (TPSA) is 79.7 Å². The lowest BCUT2D eigenvalue weighted by atomic mass is 10.2. The molecule has 1 saturated heterocycles. The van der Waals surface area contributed by atoms with E-state index in [1.165, 1.54) is 4.90 Å². The molecule has 6 nitrogen and oxygen atoms in total. The number of methoxy groups -OCH3 is 1. The summed E-state index contributed by atoms with van der Waals surface area (Å²) in [7, 11) is 1.59. The Kier molecular flexibility index (Phi) is 5.61. The van der Waals surface area contributed by atoms with Crippen LogP contribution in [0.4, 0.5) is 5.69 Å². The number of rotatable bonds is 5. The highest BCUT2D eigenvalue weighted by Gasteiger charge is 2.33. The zero-order valence-electron chi connectivity index (χ0n) is 14.9. The molecule has 2 aromatic rings. The number of amides is 1. The van der Waals surface area contributed by atoms with Gasteiger partial charge in [0.25, 0.3) is 5.91 Å². The maximum atomic E-state index is 12.7. The van der Waals surface area contributed by atoms with E-state index in [9.17, 15) is 9.59 Å². The van der Waals surface area contributed by atoms with E-state index in [0.29, 0.717) is 22.8 Å². The minimum Gasteiger partial charge on any atom is -0.497 e. The second-order valence-corrected chi connectivity index (χ2v) is 6.63. The summed E-state index contributed by atoms with van der Waals surface area (Å²) in [6, 6.07) is 13.8. The minimum absolute atomic E-state index is 0.114. The van der Waals surface area contributed by atoms with Crippen molar-refractivity contribution in [3.8, 4) is 5.75 Å². The second-order valence-electron chi connectivity index (χ2n) is 5.60. The Labute approximate surface area is 161 Å². The van der Waals surface area contributed by atoms with E-state index in [4.69, 9.17) is 14.9 Å². The Morgan fingerprint density at radius 2 is 1.81 bits per heavy atom. The summed E-state index contributed by atoms with van der Waals surface area (Å²) in [5.41, 5.74) is 1.78. The van der Waals surface area contributed by atoms with E-state index in [0.717, 1.165) is 23.1 Å². The number of benzene rings is 2. The maximum Gasteiger partial charge on any atom is 0.338 e. The average Bonchev–Trinajstić information content (AvgIpc) is 2.96. The molecule has 3 rings (SSSR count). The number of carbonyl (C=O) groups excluding carboxylic acids is 2. The van der Waals surface area contributed by atoms with E-state index >= 15 is 0 Å². The van der Waals surface area contributed by atoms with Crippen LogP contribution in [-0.4, -0.2) is 30.8 Å². The quantitative estimate of drug-likeness (QED) is 0.626. The average molecular weight is 382 g/mol. The number of hydrogen-bond acceptors (Lipinski definition) is 6. The van der Waals surface area contributed by atoms with Crippen LogP contribution in [0.25, 0.3) is 6.08 Å². The molecular formula is C20H18N2O4S. The van der Waals surface area contributed by atoms with Gasteiger partial charge in [-0.1, -0.05) is 12.1 Å². The molecule has 1 N–H and O–H groups in total. The van der Waals surface area contributed by atoms with Crippen molar-refractivity contribution in [3.05, 3.63) is 64.6 Å². The lowest BCUT2D eigenvalue weighted by Gasteiger charge is -2.14. The van der Waals surface area contributed by atoms with E-state index in [1.807, 2.05) is 24.3 Å². The predicted molar refractivity (Wildman–Crippen MR) is 106 cm³/mol. The number of thioether (sulfide) groups is 1. The van der Waals surface area contributed by atoms with Crippen LogP contribution >= 0.6 is 11.8 Å². The molecule has 0 bridgehead atoms. The van der Waals surface area contributed by atoms with Gasteiger partial charge >= 0.3 is 5.97 Å². The number of carbonyl (C=O) groups is 2. The maximum absolute atomic E-state index is 12.7. The van der Waals surface area contributed by atoms with Crippen LogP contribution in [0.5, 0.6) is 5.75 Å². The molecule has 27 heavy (non-hydrogen) atoms. The summed E-state index contributed by atoms with van der Waals surface area (Å²) in [6.07, 6.45) is 1.74. The first-order valence-electron chi connectivity index (χ1n) is 8.27. The molecule has 7 heteroatoms. The van der Waals surface area contributed by atoms with Crippen LogP contribution in [0, 0.1) is 5.41 Å². The fourth-order valence-corrected chi connectivity index (χ4v) is 3.40. The molecule has 0 atom stereocenters. The number of esters is 1. The van der Waals surface area contributed by atoms with Crippen LogP contribution in [0.2, 0.25) is 0 Å².